The predicted molar refractivity (Wildman–Crippen MR) is 32.9 cm³/mol. The molecule has 0 rings (SSSR count). The van der Waals surface area contributed by atoms with E-state index in [1.165, 1.54) is 0 Å². The molecule has 0 amide bonds. The Kier molecular flexibility index (Phi) is 11.9. The van der Waals surface area contributed by atoms with E-state index in [9.17, 15) is 4.79 Å². The Hall–Kier alpha value is 0.677. The summed E-state index contributed by atoms with van der Waals surface area (Å²) in [5.41, 5.74) is 5.14. The summed E-state index contributed by atoms with van der Waals surface area (Å²) in [4.78, 5) is 10.3. The van der Waals surface area contributed by atoms with E-state index in [0.29, 0.717) is 29.6 Å². The first-order valence-corrected chi connectivity index (χ1v) is 3.39. The van der Waals surface area contributed by atoms with Gasteiger partial charge in [0, 0.05) is 28.1 Å². The zero-order valence-corrected chi connectivity index (χ0v) is 9.08. The Morgan fingerprint density at radius 2 is 2.22 bits per heavy atom. The Morgan fingerprint density at radius 1 is 1.67 bits per heavy atom. The minimum atomic E-state index is -0.123. The van der Waals surface area contributed by atoms with Crippen molar-refractivity contribution in [2.75, 3.05) is 6.54 Å². The molecular weight excluding hydrogens is 169 g/mol. The van der Waals surface area contributed by atoms with Crippen LogP contribution in [0.1, 0.15) is 12.8 Å². The molecule has 0 spiro atoms. The van der Waals surface area contributed by atoms with E-state index in [4.69, 9.17) is 5.73 Å². The van der Waals surface area contributed by atoms with Crippen molar-refractivity contribution in [3.63, 3.8) is 0 Å². The van der Waals surface area contributed by atoms with Crippen LogP contribution in [0, 0.1) is 0 Å². The van der Waals surface area contributed by atoms with E-state index < -0.39 is 0 Å². The van der Waals surface area contributed by atoms with Gasteiger partial charge in [0.1, 0.15) is 0 Å². The molecular formula is C4H10AlNO2Ti. The van der Waals surface area contributed by atoms with E-state index >= 15 is 0 Å². The molecule has 0 bridgehead atoms. The molecule has 2 N–H and O–H groups in total. The number of hydrogen-bond acceptors (Lipinski definition) is 3. The molecule has 0 saturated heterocycles. The fourth-order valence-corrected chi connectivity index (χ4v) is 0.553. The van der Waals surface area contributed by atoms with Crippen LogP contribution in [0.3, 0.4) is 0 Å². The van der Waals surface area contributed by atoms with Gasteiger partial charge in [-0.15, -0.1) is 0 Å². The van der Waals surface area contributed by atoms with Crippen molar-refractivity contribution in [2.45, 2.75) is 12.8 Å². The third-order valence-corrected chi connectivity index (χ3v) is 1.27. The predicted octanol–water partition coefficient (Wildman–Crippen LogP) is -1.19. The van der Waals surface area contributed by atoms with Gasteiger partial charge in [-0.05, 0) is 13.0 Å². The first-order chi connectivity index (χ1) is 3.81. The van der Waals surface area contributed by atoms with E-state index in [-0.39, 0.29) is 27.7 Å². The summed E-state index contributed by atoms with van der Waals surface area (Å²) in [6.45, 7) is 0.566. The number of rotatable bonds is 3. The topological polar surface area (TPSA) is 52.3 Å². The average Bonchev–Trinajstić information content (AvgIpc) is 1.83. The van der Waals surface area contributed by atoms with Gasteiger partial charge in [-0.1, -0.05) is 0 Å². The zero-order valence-electron chi connectivity index (χ0n) is 5.52. The van der Waals surface area contributed by atoms with Crippen molar-refractivity contribution < 1.29 is 30.3 Å². The second kappa shape index (κ2) is 8.68. The van der Waals surface area contributed by atoms with E-state index in [2.05, 4.69) is 3.79 Å². The standard InChI is InChI=1S/C4H9NO2.Al.Ti.2H/c5-3-1-2-4(6)7;;;;/h1-3,5H2,(H,6,7);;;;/q;+1;;;/p-1. The van der Waals surface area contributed by atoms with Gasteiger partial charge in [-0.25, -0.2) is 0 Å². The monoisotopic (exact) mass is 179 g/mol. The summed E-state index contributed by atoms with van der Waals surface area (Å²) in [7, 11) is 0. The number of nitrogens with two attached hydrogens (primary N) is 1. The van der Waals surface area contributed by atoms with Gasteiger partial charge in [0.15, 0.2) is 0 Å². The molecule has 0 unspecified atom stereocenters. The largest absolute Gasteiger partial charge is 0.621 e. The maximum atomic E-state index is 10.3. The van der Waals surface area contributed by atoms with Crippen LogP contribution in [0.5, 0.6) is 0 Å². The van der Waals surface area contributed by atoms with Gasteiger partial charge in [0.2, 0.25) is 0 Å². The molecule has 0 heterocycles. The van der Waals surface area contributed by atoms with E-state index in [0.717, 1.165) is 6.42 Å². The second-order valence-electron chi connectivity index (χ2n) is 1.47. The smallest absolute Gasteiger partial charge is 0.499 e. The Morgan fingerprint density at radius 3 is 2.56 bits per heavy atom. The maximum absolute atomic E-state index is 10.3. The Balaban J connectivity index is 0. The molecule has 0 atom stereocenters. The molecule has 0 aromatic heterocycles. The van der Waals surface area contributed by atoms with E-state index in [1.807, 2.05) is 0 Å². The van der Waals surface area contributed by atoms with Crippen LogP contribution in [0.4, 0.5) is 0 Å². The van der Waals surface area contributed by atoms with Gasteiger partial charge in [-0.2, -0.15) is 0 Å². The first-order valence-electron chi connectivity index (χ1n) is 2.58. The quantitative estimate of drug-likeness (QED) is 0.554. The van der Waals surface area contributed by atoms with Crippen molar-refractivity contribution >= 4 is 22.6 Å². The summed E-state index contributed by atoms with van der Waals surface area (Å²) in [6.07, 6.45) is 1.21. The Bertz CT molecular complexity index is 81.0. The van der Waals surface area contributed by atoms with Crippen LogP contribution < -0.4 is 5.73 Å². The minimum absolute atomic E-state index is 0. The molecule has 0 radical (unpaired) electrons. The zero-order chi connectivity index (χ0) is 6.41. The van der Waals surface area contributed by atoms with Crippen molar-refractivity contribution in [3.8, 4) is 0 Å². The van der Waals surface area contributed by atoms with Crippen LogP contribution in [-0.2, 0) is 30.3 Å². The van der Waals surface area contributed by atoms with Crippen molar-refractivity contribution in [2.24, 2.45) is 5.73 Å². The molecule has 0 fully saturated rings. The van der Waals surface area contributed by atoms with Crippen molar-refractivity contribution in [1.29, 1.82) is 0 Å². The molecule has 50 valence electrons. The molecule has 0 saturated carbocycles. The maximum Gasteiger partial charge on any atom is 0.499 e. The average molecular weight is 179 g/mol. The first kappa shape index (κ1) is 12.4. The van der Waals surface area contributed by atoms with Crippen LogP contribution in [0.25, 0.3) is 0 Å². The third-order valence-electron chi connectivity index (χ3n) is 0.813. The van der Waals surface area contributed by atoms with Gasteiger partial charge >= 0.3 is 16.6 Å². The minimum Gasteiger partial charge on any atom is -0.621 e. The third kappa shape index (κ3) is 8.68. The van der Waals surface area contributed by atoms with Gasteiger partial charge in [0.05, 0.1) is 0 Å². The molecule has 0 aliphatic carbocycles. The fourth-order valence-electron chi connectivity index (χ4n) is 0.348. The summed E-state index contributed by atoms with van der Waals surface area (Å²) in [5, 5.41) is 0. The molecule has 0 aromatic carbocycles. The van der Waals surface area contributed by atoms with Crippen LogP contribution >= 0.6 is 0 Å². The molecule has 0 aliphatic heterocycles. The Labute approximate surface area is 78.0 Å². The second-order valence-corrected chi connectivity index (χ2v) is 1.88. The number of carbonyl (C=O) groups excluding carboxylic acids is 1. The number of hydrogen-bond donors (Lipinski definition) is 1. The summed E-state index contributed by atoms with van der Waals surface area (Å²) in [5.74, 6) is -0.123. The summed E-state index contributed by atoms with van der Waals surface area (Å²) < 4.78 is 4.50. The van der Waals surface area contributed by atoms with Crippen LogP contribution in [-0.4, -0.2) is 29.1 Å². The molecule has 9 heavy (non-hydrogen) atoms. The molecule has 3 nitrogen and oxygen atoms in total. The van der Waals surface area contributed by atoms with Crippen LogP contribution in [0.15, 0.2) is 0 Å². The van der Waals surface area contributed by atoms with E-state index in [1.54, 1.807) is 0 Å². The van der Waals surface area contributed by atoms with Crippen molar-refractivity contribution in [3.05, 3.63) is 0 Å². The van der Waals surface area contributed by atoms with Gasteiger partial charge in [-0.3, -0.25) is 4.79 Å². The molecule has 0 aliphatic rings. The van der Waals surface area contributed by atoms with Crippen LogP contribution in [0.2, 0.25) is 0 Å². The number of carbonyl (C=O) groups is 1. The normalized spacial score (nSPS) is 7.67. The SMILES string of the molecule is NCCCC(=O)[O][AlH2].[Ti]. The van der Waals surface area contributed by atoms with Gasteiger partial charge < -0.3 is 9.52 Å². The van der Waals surface area contributed by atoms with Crippen molar-refractivity contribution in [1.82, 2.24) is 0 Å². The molecule has 0 aromatic rings. The fraction of sp³-hybridized carbons (Fsp3) is 0.750. The summed E-state index contributed by atoms with van der Waals surface area (Å²) in [6, 6.07) is 0. The molecule has 5 heteroatoms. The summed E-state index contributed by atoms with van der Waals surface area (Å²) >= 11 is 0.499. The van der Waals surface area contributed by atoms with Gasteiger partial charge in [0.25, 0.3) is 5.97 Å².